The lowest BCUT2D eigenvalue weighted by molar-refractivity contribution is 0.349. The third-order valence-corrected chi connectivity index (χ3v) is 5.00. The molecule has 2 heterocycles. The van der Waals surface area contributed by atoms with Crippen molar-refractivity contribution in [1.29, 1.82) is 0 Å². The molecular formula is C18H19BrFNOS. The number of nitrogens with zero attached hydrogens (tertiary/aromatic N) is 1. The van der Waals surface area contributed by atoms with Gasteiger partial charge >= 0.3 is 0 Å². The maximum absolute atomic E-state index is 13.7. The van der Waals surface area contributed by atoms with Crippen LogP contribution in [-0.4, -0.2) is 23.1 Å². The molecule has 0 aliphatic carbocycles. The second-order valence-corrected chi connectivity index (χ2v) is 6.45. The largest absolute Gasteiger partial charge is 0.508 e. The highest BCUT2D eigenvalue weighted by Gasteiger charge is 2.24. The highest BCUT2D eigenvalue weighted by molar-refractivity contribution is 8.93. The van der Waals surface area contributed by atoms with E-state index in [1.165, 1.54) is 18.2 Å². The van der Waals surface area contributed by atoms with Crippen LogP contribution in [0.15, 0.2) is 60.1 Å². The zero-order chi connectivity index (χ0) is 15.5. The van der Waals surface area contributed by atoms with Crippen molar-refractivity contribution in [3.8, 4) is 5.75 Å². The van der Waals surface area contributed by atoms with Crippen molar-refractivity contribution in [2.45, 2.75) is 18.4 Å². The second kappa shape index (κ2) is 7.79. The molecule has 0 saturated carbocycles. The highest BCUT2D eigenvalue weighted by atomic mass is 79.9. The van der Waals surface area contributed by atoms with E-state index >= 15 is 0 Å². The van der Waals surface area contributed by atoms with E-state index in [4.69, 9.17) is 0 Å². The molecular weight excluding hydrogens is 377 g/mol. The molecule has 2 nitrogen and oxygen atoms in total. The molecule has 1 aliphatic rings. The van der Waals surface area contributed by atoms with Gasteiger partial charge in [0.1, 0.15) is 11.6 Å². The summed E-state index contributed by atoms with van der Waals surface area (Å²) in [7, 11) is 2.03. The minimum absolute atomic E-state index is 0. The van der Waals surface area contributed by atoms with Crippen molar-refractivity contribution in [2.24, 2.45) is 0 Å². The first kappa shape index (κ1) is 17.8. The topological polar surface area (TPSA) is 23.5 Å². The molecule has 1 N–H and O–H groups in total. The fourth-order valence-electron chi connectivity index (χ4n) is 2.80. The van der Waals surface area contributed by atoms with Crippen LogP contribution in [0, 0.1) is 5.82 Å². The molecule has 2 unspecified atom stereocenters. The Balaban J connectivity index is 0.00000192. The summed E-state index contributed by atoms with van der Waals surface area (Å²) < 4.78 is 13.7. The Morgan fingerprint density at radius 2 is 2.13 bits per heavy atom. The summed E-state index contributed by atoms with van der Waals surface area (Å²) >= 11 is 1.64. The third kappa shape index (κ3) is 4.03. The van der Waals surface area contributed by atoms with E-state index in [0.29, 0.717) is 5.56 Å². The van der Waals surface area contributed by atoms with Crippen molar-refractivity contribution in [1.82, 2.24) is 4.90 Å². The van der Waals surface area contributed by atoms with Crippen LogP contribution in [0.2, 0.25) is 0 Å². The van der Waals surface area contributed by atoms with Crippen LogP contribution in [-0.2, 0) is 0 Å². The highest BCUT2D eigenvalue weighted by Crippen LogP contribution is 2.38. The van der Waals surface area contributed by atoms with E-state index in [-0.39, 0.29) is 40.5 Å². The molecule has 1 aromatic carbocycles. The average Bonchev–Trinajstić information content (AvgIpc) is 3.03. The first-order valence-corrected chi connectivity index (χ1v) is 8.12. The van der Waals surface area contributed by atoms with Crippen LogP contribution < -0.4 is 0 Å². The van der Waals surface area contributed by atoms with Gasteiger partial charge in [-0.1, -0.05) is 18.2 Å². The van der Waals surface area contributed by atoms with Crippen molar-refractivity contribution < 1.29 is 9.50 Å². The molecule has 0 radical (unpaired) electrons. The SMILES string of the molecule is Br.CN1C=CC=CC1CC(c1cccs1)c1cc(F)ccc1O. The summed E-state index contributed by atoms with van der Waals surface area (Å²) in [5.41, 5.74) is 0.652. The lowest BCUT2D eigenvalue weighted by atomic mass is 9.89. The first-order valence-electron chi connectivity index (χ1n) is 7.24. The molecule has 3 rings (SSSR count). The fraction of sp³-hybridized carbons (Fsp3) is 0.222. The minimum atomic E-state index is -0.318. The molecule has 0 saturated heterocycles. The molecule has 2 aromatic rings. The van der Waals surface area contributed by atoms with Gasteiger partial charge in [0.05, 0.1) is 0 Å². The van der Waals surface area contributed by atoms with Gasteiger partial charge in [0.25, 0.3) is 0 Å². The number of hydrogen-bond acceptors (Lipinski definition) is 3. The van der Waals surface area contributed by atoms with Crippen molar-refractivity contribution >= 4 is 28.3 Å². The molecule has 122 valence electrons. The fourth-order valence-corrected chi connectivity index (χ4v) is 3.66. The quantitative estimate of drug-likeness (QED) is 0.780. The summed E-state index contributed by atoms with van der Waals surface area (Å²) in [6.45, 7) is 0. The lowest BCUT2D eigenvalue weighted by Crippen LogP contribution is -2.28. The summed E-state index contributed by atoms with van der Waals surface area (Å²) in [6.07, 6.45) is 8.98. The molecule has 0 fully saturated rings. The number of aromatic hydroxyl groups is 1. The Morgan fingerprint density at radius 1 is 1.30 bits per heavy atom. The maximum Gasteiger partial charge on any atom is 0.123 e. The smallest absolute Gasteiger partial charge is 0.123 e. The number of thiophene rings is 1. The predicted octanol–water partition coefficient (Wildman–Crippen LogP) is 5.08. The Hall–Kier alpha value is -1.59. The standard InChI is InChI=1S/C18H18FNOS.BrH/c1-20-9-3-2-5-14(20)12-16(18-6-4-10-22-18)15-11-13(19)7-8-17(15)21;/h2-11,14,16,21H,12H2,1H3;1H. The van der Waals surface area contributed by atoms with Gasteiger partial charge in [-0.25, -0.2) is 4.39 Å². The molecule has 0 bridgehead atoms. The van der Waals surface area contributed by atoms with E-state index in [2.05, 4.69) is 11.0 Å². The van der Waals surface area contributed by atoms with E-state index in [0.717, 1.165) is 11.3 Å². The second-order valence-electron chi connectivity index (χ2n) is 5.47. The number of allylic oxidation sites excluding steroid dienone is 2. The van der Waals surface area contributed by atoms with E-state index in [9.17, 15) is 9.50 Å². The number of likely N-dealkylation sites (N-methyl/N-ethyl adjacent to an activating group) is 1. The number of hydrogen-bond donors (Lipinski definition) is 1. The molecule has 1 aliphatic heterocycles. The van der Waals surface area contributed by atoms with Crippen molar-refractivity contribution in [3.05, 3.63) is 76.4 Å². The van der Waals surface area contributed by atoms with Gasteiger partial charge in [0.2, 0.25) is 0 Å². The van der Waals surface area contributed by atoms with Crippen molar-refractivity contribution in [3.63, 3.8) is 0 Å². The van der Waals surface area contributed by atoms with Gasteiger partial charge in [-0.15, -0.1) is 28.3 Å². The number of halogens is 2. The number of rotatable bonds is 4. The van der Waals surface area contributed by atoms with Crippen LogP contribution in [0.1, 0.15) is 22.8 Å². The van der Waals surface area contributed by atoms with Crippen LogP contribution >= 0.6 is 28.3 Å². The Labute approximate surface area is 150 Å². The van der Waals surface area contributed by atoms with Crippen LogP contribution in [0.3, 0.4) is 0 Å². The summed E-state index contributed by atoms with van der Waals surface area (Å²) in [6, 6.07) is 8.43. The molecule has 1 aromatic heterocycles. The first-order chi connectivity index (χ1) is 10.6. The minimum Gasteiger partial charge on any atom is -0.508 e. The summed E-state index contributed by atoms with van der Waals surface area (Å²) in [5.74, 6) is -0.195. The Morgan fingerprint density at radius 3 is 2.83 bits per heavy atom. The van der Waals surface area contributed by atoms with Crippen LogP contribution in [0.5, 0.6) is 5.75 Å². The van der Waals surface area contributed by atoms with E-state index in [1.54, 1.807) is 11.3 Å². The zero-order valence-electron chi connectivity index (χ0n) is 12.7. The molecule has 0 spiro atoms. The molecule has 23 heavy (non-hydrogen) atoms. The van der Waals surface area contributed by atoms with Crippen molar-refractivity contribution in [2.75, 3.05) is 7.05 Å². The molecule has 0 amide bonds. The van der Waals surface area contributed by atoms with Gasteiger partial charge in [-0.3, -0.25) is 0 Å². The van der Waals surface area contributed by atoms with Gasteiger partial charge < -0.3 is 10.0 Å². The lowest BCUT2D eigenvalue weighted by Gasteiger charge is -2.30. The van der Waals surface area contributed by atoms with Gasteiger partial charge in [0, 0.05) is 29.4 Å². The molecule has 2 atom stereocenters. The van der Waals surface area contributed by atoms with Crippen LogP contribution in [0.25, 0.3) is 0 Å². The Kier molecular flexibility index (Phi) is 6.02. The third-order valence-electron chi connectivity index (χ3n) is 4.02. The van der Waals surface area contributed by atoms with Gasteiger partial charge in [-0.2, -0.15) is 0 Å². The maximum atomic E-state index is 13.7. The predicted molar refractivity (Wildman–Crippen MR) is 99.0 cm³/mol. The number of phenols is 1. The summed E-state index contributed by atoms with van der Waals surface area (Å²) in [5, 5.41) is 12.2. The average molecular weight is 396 g/mol. The van der Waals surface area contributed by atoms with Crippen LogP contribution in [0.4, 0.5) is 4.39 Å². The Bertz CT molecular complexity index is 699. The monoisotopic (exact) mass is 395 g/mol. The number of benzene rings is 1. The van der Waals surface area contributed by atoms with Gasteiger partial charge in [0.15, 0.2) is 0 Å². The van der Waals surface area contributed by atoms with E-state index in [1.807, 2.05) is 42.9 Å². The zero-order valence-corrected chi connectivity index (χ0v) is 15.3. The van der Waals surface area contributed by atoms with E-state index < -0.39 is 0 Å². The molecule has 5 heteroatoms. The normalized spacial score (nSPS) is 17.8. The number of phenolic OH excluding ortho intramolecular Hbond substituents is 1. The van der Waals surface area contributed by atoms with Gasteiger partial charge in [-0.05, 0) is 48.3 Å². The summed E-state index contributed by atoms with van der Waals surface area (Å²) in [4.78, 5) is 3.27.